The SMILES string of the molecule is CCCn1cccc1CNc1ccc(N(C)C)cc1. The zero-order chi connectivity index (χ0) is 13.7. The van der Waals surface area contributed by atoms with Gasteiger partial charge in [0.1, 0.15) is 0 Å². The zero-order valence-corrected chi connectivity index (χ0v) is 12.1. The van der Waals surface area contributed by atoms with E-state index in [2.05, 4.69) is 78.4 Å². The molecule has 0 atom stereocenters. The molecule has 0 saturated heterocycles. The summed E-state index contributed by atoms with van der Waals surface area (Å²) >= 11 is 0. The van der Waals surface area contributed by atoms with E-state index in [-0.39, 0.29) is 0 Å². The topological polar surface area (TPSA) is 20.2 Å². The monoisotopic (exact) mass is 257 g/mol. The highest BCUT2D eigenvalue weighted by molar-refractivity contribution is 5.54. The van der Waals surface area contributed by atoms with Crippen LogP contribution in [0.2, 0.25) is 0 Å². The Balaban J connectivity index is 1.96. The van der Waals surface area contributed by atoms with Crippen LogP contribution in [0.4, 0.5) is 11.4 Å². The second kappa shape index (κ2) is 6.32. The lowest BCUT2D eigenvalue weighted by Gasteiger charge is -2.14. The van der Waals surface area contributed by atoms with Gasteiger partial charge in [-0.3, -0.25) is 0 Å². The molecule has 0 aliphatic carbocycles. The minimum Gasteiger partial charge on any atom is -0.379 e. The first-order chi connectivity index (χ1) is 9.20. The molecule has 0 bridgehead atoms. The summed E-state index contributed by atoms with van der Waals surface area (Å²) in [6.45, 7) is 4.16. The van der Waals surface area contributed by atoms with Gasteiger partial charge < -0.3 is 14.8 Å². The van der Waals surface area contributed by atoms with Crippen LogP contribution in [0.3, 0.4) is 0 Å². The van der Waals surface area contributed by atoms with E-state index < -0.39 is 0 Å². The lowest BCUT2D eigenvalue weighted by molar-refractivity contribution is 0.654. The van der Waals surface area contributed by atoms with Gasteiger partial charge in [0.25, 0.3) is 0 Å². The van der Waals surface area contributed by atoms with Gasteiger partial charge in [0, 0.05) is 43.9 Å². The molecule has 0 aliphatic rings. The van der Waals surface area contributed by atoms with Crippen LogP contribution in [-0.2, 0) is 13.1 Å². The minimum atomic E-state index is 0.869. The Hall–Kier alpha value is -1.90. The number of rotatable bonds is 6. The predicted octanol–water partition coefficient (Wildman–Crippen LogP) is 3.58. The van der Waals surface area contributed by atoms with Crippen LogP contribution < -0.4 is 10.2 Å². The summed E-state index contributed by atoms with van der Waals surface area (Å²) in [5.41, 5.74) is 3.72. The molecule has 0 radical (unpaired) electrons. The summed E-state index contributed by atoms with van der Waals surface area (Å²) in [4.78, 5) is 2.11. The van der Waals surface area contributed by atoms with Crippen LogP contribution >= 0.6 is 0 Å². The van der Waals surface area contributed by atoms with Crippen molar-refractivity contribution in [2.24, 2.45) is 0 Å². The number of hydrogen-bond donors (Lipinski definition) is 1. The molecular formula is C16H23N3. The van der Waals surface area contributed by atoms with Gasteiger partial charge in [-0.05, 0) is 42.8 Å². The first-order valence-electron chi connectivity index (χ1n) is 6.86. The van der Waals surface area contributed by atoms with E-state index in [1.807, 2.05) is 0 Å². The summed E-state index contributed by atoms with van der Waals surface area (Å²) in [5, 5.41) is 3.47. The van der Waals surface area contributed by atoms with Gasteiger partial charge in [-0.15, -0.1) is 0 Å². The maximum absolute atomic E-state index is 3.47. The maximum Gasteiger partial charge on any atom is 0.0553 e. The lowest BCUT2D eigenvalue weighted by Crippen LogP contribution is -2.09. The Morgan fingerprint density at radius 1 is 1.11 bits per heavy atom. The fourth-order valence-corrected chi connectivity index (χ4v) is 2.14. The van der Waals surface area contributed by atoms with Crippen molar-refractivity contribution in [1.29, 1.82) is 0 Å². The molecule has 0 unspecified atom stereocenters. The zero-order valence-electron chi connectivity index (χ0n) is 12.1. The molecule has 0 fully saturated rings. The molecular weight excluding hydrogens is 234 g/mol. The van der Waals surface area contributed by atoms with Crippen LogP contribution in [0.5, 0.6) is 0 Å². The van der Waals surface area contributed by atoms with Crippen LogP contribution in [-0.4, -0.2) is 18.7 Å². The average molecular weight is 257 g/mol. The van der Waals surface area contributed by atoms with E-state index in [0.717, 1.165) is 18.8 Å². The number of hydrogen-bond acceptors (Lipinski definition) is 2. The van der Waals surface area contributed by atoms with Gasteiger partial charge in [-0.25, -0.2) is 0 Å². The third-order valence-corrected chi connectivity index (χ3v) is 3.25. The van der Waals surface area contributed by atoms with Crippen molar-refractivity contribution in [2.45, 2.75) is 26.4 Å². The summed E-state index contributed by atoms with van der Waals surface area (Å²) < 4.78 is 2.31. The average Bonchev–Trinajstić information content (AvgIpc) is 2.85. The van der Waals surface area contributed by atoms with Crippen LogP contribution in [0.15, 0.2) is 42.6 Å². The van der Waals surface area contributed by atoms with Gasteiger partial charge in [0.15, 0.2) is 0 Å². The van der Waals surface area contributed by atoms with E-state index in [9.17, 15) is 0 Å². The molecule has 0 amide bonds. The third kappa shape index (κ3) is 3.53. The van der Waals surface area contributed by atoms with Gasteiger partial charge in [0.05, 0.1) is 6.54 Å². The Morgan fingerprint density at radius 3 is 2.47 bits per heavy atom. The van der Waals surface area contributed by atoms with Crippen molar-refractivity contribution in [2.75, 3.05) is 24.3 Å². The van der Waals surface area contributed by atoms with Crippen molar-refractivity contribution in [3.05, 3.63) is 48.3 Å². The molecule has 1 N–H and O–H groups in total. The fraction of sp³-hybridized carbons (Fsp3) is 0.375. The van der Waals surface area contributed by atoms with Crippen molar-refractivity contribution >= 4 is 11.4 Å². The smallest absolute Gasteiger partial charge is 0.0553 e. The number of nitrogens with one attached hydrogen (secondary N) is 1. The van der Waals surface area contributed by atoms with Crippen LogP contribution in [0, 0.1) is 0 Å². The first-order valence-corrected chi connectivity index (χ1v) is 6.86. The highest BCUT2D eigenvalue weighted by Gasteiger charge is 2.00. The summed E-state index contributed by atoms with van der Waals surface area (Å²) in [6, 6.07) is 12.8. The highest BCUT2D eigenvalue weighted by atomic mass is 15.1. The molecule has 1 heterocycles. The number of aromatic nitrogens is 1. The molecule has 2 rings (SSSR count). The van der Waals surface area contributed by atoms with Crippen LogP contribution in [0.25, 0.3) is 0 Å². The molecule has 1 aromatic heterocycles. The molecule has 1 aromatic carbocycles. The van der Waals surface area contributed by atoms with E-state index in [1.54, 1.807) is 0 Å². The van der Waals surface area contributed by atoms with Crippen molar-refractivity contribution in [1.82, 2.24) is 4.57 Å². The van der Waals surface area contributed by atoms with Gasteiger partial charge >= 0.3 is 0 Å². The highest BCUT2D eigenvalue weighted by Crippen LogP contribution is 2.16. The molecule has 3 nitrogen and oxygen atoms in total. The summed E-state index contributed by atoms with van der Waals surface area (Å²) in [6.07, 6.45) is 3.31. The second-order valence-corrected chi connectivity index (χ2v) is 4.99. The number of anilines is 2. The fourth-order valence-electron chi connectivity index (χ4n) is 2.14. The molecule has 102 valence electrons. The van der Waals surface area contributed by atoms with Crippen molar-refractivity contribution < 1.29 is 0 Å². The molecule has 2 aromatic rings. The normalized spacial score (nSPS) is 10.5. The molecule has 3 heteroatoms. The maximum atomic E-state index is 3.47. The Labute approximate surface area is 115 Å². The Bertz CT molecular complexity index is 497. The van der Waals surface area contributed by atoms with Crippen molar-refractivity contribution in [3.8, 4) is 0 Å². The second-order valence-electron chi connectivity index (χ2n) is 4.99. The standard InChI is InChI=1S/C16H23N3/c1-4-11-19-12-5-6-16(19)13-17-14-7-9-15(10-8-14)18(2)3/h5-10,12,17H,4,11,13H2,1-3H3. The Morgan fingerprint density at radius 2 is 1.84 bits per heavy atom. The number of benzene rings is 1. The van der Waals surface area contributed by atoms with Crippen LogP contribution in [0.1, 0.15) is 19.0 Å². The van der Waals surface area contributed by atoms with E-state index in [1.165, 1.54) is 17.8 Å². The largest absolute Gasteiger partial charge is 0.379 e. The number of nitrogens with zero attached hydrogens (tertiary/aromatic N) is 2. The summed E-state index contributed by atoms with van der Waals surface area (Å²) in [7, 11) is 4.11. The molecule has 0 spiro atoms. The minimum absolute atomic E-state index is 0.869. The molecule has 19 heavy (non-hydrogen) atoms. The molecule has 0 saturated carbocycles. The van der Waals surface area contributed by atoms with E-state index >= 15 is 0 Å². The molecule has 0 aliphatic heterocycles. The van der Waals surface area contributed by atoms with E-state index in [0.29, 0.717) is 0 Å². The van der Waals surface area contributed by atoms with Gasteiger partial charge in [-0.2, -0.15) is 0 Å². The lowest BCUT2D eigenvalue weighted by atomic mass is 10.2. The quantitative estimate of drug-likeness (QED) is 0.853. The van der Waals surface area contributed by atoms with Gasteiger partial charge in [-0.1, -0.05) is 6.92 Å². The van der Waals surface area contributed by atoms with Gasteiger partial charge in [0.2, 0.25) is 0 Å². The van der Waals surface area contributed by atoms with Crippen molar-refractivity contribution in [3.63, 3.8) is 0 Å². The summed E-state index contributed by atoms with van der Waals surface area (Å²) in [5.74, 6) is 0. The Kier molecular flexibility index (Phi) is 4.50. The number of aryl methyl sites for hydroxylation is 1. The van der Waals surface area contributed by atoms with E-state index in [4.69, 9.17) is 0 Å². The first kappa shape index (κ1) is 13.5. The third-order valence-electron chi connectivity index (χ3n) is 3.25. The predicted molar refractivity (Wildman–Crippen MR) is 82.8 cm³/mol.